The average Bonchev–Trinajstić information content (AvgIpc) is 2.52. The molecule has 1 aliphatic rings. The molecular formula is C18H25F3N2O. The van der Waals surface area contributed by atoms with Gasteiger partial charge in [-0.05, 0) is 38.1 Å². The van der Waals surface area contributed by atoms with Crippen LogP contribution in [0.4, 0.5) is 13.2 Å². The first-order valence-electron chi connectivity index (χ1n) is 8.35. The van der Waals surface area contributed by atoms with Crippen LogP contribution in [0.5, 0.6) is 0 Å². The quantitative estimate of drug-likeness (QED) is 0.884. The summed E-state index contributed by atoms with van der Waals surface area (Å²) in [6.45, 7) is 0.991. The topological polar surface area (TPSA) is 32.3 Å². The first-order chi connectivity index (χ1) is 11.3. The van der Waals surface area contributed by atoms with Crippen molar-refractivity contribution in [3.05, 3.63) is 35.4 Å². The van der Waals surface area contributed by atoms with Crippen molar-refractivity contribution in [1.29, 1.82) is 0 Å². The minimum atomic E-state index is -4.30. The Bertz CT molecular complexity index is 557. The molecule has 1 N–H and O–H groups in total. The third-order valence-electron chi connectivity index (χ3n) is 4.58. The van der Waals surface area contributed by atoms with E-state index in [4.69, 9.17) is 0 Å². The van der Waals surface area contributed by atoms with E-state index in [9.17, 15) is 18.0 Å². The Morgan fingerprint density at radius 1 is 1.17 bits per heavy atom. The molecule has 1 aromatic carbocycles. The Hall–Kier alpha value is -1.56. The maximum Gasteiger partial charge on any atom is 0.392 e. The summed E-state index contributed by atoms with van der Waals surface area (Å²) in [5.74, 6) is -2.94. The highest BCUT2D eigenvalue weighted by atomic mass is 19.4. The van der Waals surface area contributed by atoms with Gasteiger partial charge in [0.1, 0.15) is 0 Å². The number of nitrogens with one attached hydrogen (secondary N) is 1. The van der Waals surface area contributed by atoms with Crippen LogP contribution in [-0.2, 0) is 17.9 Å². The summed E-state index contributed by atoms with van der Waals surface area (Å²) in [5, 5.41) is 2.73. The van der Waals surface area contributed by atoms with Gasteiger partial charge in [0, 0.05) is 19.0 Å². The van der Waals surface area contributed by atoms with E-state index in [1.165, 1.54) is 0 Å². The summed E-state index contributed by atoms with van der Waals surface area (Å²) in [6, 6.07) is 7.67. The Labute approximate surface area is 141 Å². The molecule has 0 radical (unpaired) electrons. The second-order valence-electron chi connectivity index (χ2n) is 6.76. The molecule has 2 rings (SSSR count). The minimum absolute atomic E-state index is 0.0544. The number of benzene rings is 1. The predicted octanol–water partition coefficient (Wildman–Crippen LogP) is 3.73. The van der Waals surface area contributed by atoms with Gasteiger partial charge in [-0.1, -0.05) is 37.1 Å². The van der Waals surface area contributed by atoms with E-state index < -0.39 is 23.9 Å². The molecule has 6 heteroatoms. The lowest BCUT2D eigenvalue weighted by atomic mass is 9.78. The van der Waals surface area contributed by atoms with E-state index in [2.05, 4.69) is 5.32 Å². The molecule has 0 heterocycles. The number of carbonyl (C=O) groups excluding carboxylic acids is 1. The molecule has 0 aliphatic heterocycles. The average molecular weight is 342 g/mol. The van der Waals surface area contributed by atoms with Crippen molar-refractivity contribution in [2.24, 2.45) is 11.8 Å². The third kappa shape index (κ3) is 4.97. The normalized spacial score (nSPS) is 21.8. The molecule has 1 aliphatic carbocycles. The van der Waals surface area contributed by atoms with Gasteiger partial charge < -0.3 is 10.2 Å². The summed E-state index contributed by atoms with van der Waals surface area (Å²) in [7, 11) is 3.90. The van der Waals surface area contributed by atoms with Gasteiger partial charge in [0.05, 0.1) is 5.92 Å². The van der Waals surface area contributed by atoms with Gasteiger partial charge in [-0.2, -0.15) is 13.2 Å². The van der Waals surface area contributed by atoms with Crippen molar-refractivity contribution in [2.45, 2.75) is 44.9 Å². The molecule has 3 nitrogen and oxygen atoms in total. The van der Waals surface area contributed by atoms with Crippen LogP contribution in [0.15, 0.2) is 24.3 Å². The Kier molecular flexibility index (Phi) is 6.27. The van der Waals surface area contributed by atoms with Gasteiger partial charge in [0.2, 0.25) is 5.91 Å². The molecular weight excluding hydrogens is 317 g/mol. The summed E-state index contributed by atoms with van der Waals surface area (Å²) >= 11 is 0. The zero-order chi connectivity index (χ0) is 17.7. The van der Waals surface area contributed by atoms with Crippen molar-refractivity contribution >= 4 is 5.91 Å². The SMILES string of the molecule is CN(C)Cc1ccccc1CNC(=O)[C@@H]1CCCC[C@@H]1C(F)(F)F. The summed E-state index contributed by atoms with van der Waals surface area (Å²) < 4.78 is 39.4. The molecule has 1 aromatic rings. The first-order valence-corrected chi connectivity index (χ1v) is 8.35. The maximum atomic E-state index is 13.1. The van der Waals surface area contributed by atoms with Crippen molar-refractivity contribution in [1.82, 2.24) is 10.2 Å². The number of alkyl halides is 3. The van der Waals surface area contributed by atoms with Gasteiger partial charge in [-0.25, -0.2) is 0 Å². The van der Waals surface area contributed by atoms with Crippen LogP contribution in [0, 0.1) is 11.8 Å². The van der Waals surface area contributed by atoms with Gasteiger partial charge in [-0.3, -0.25) is 4.79 Å². The van der Waals surface area contributed by atoms with E-state index >= 15 is 0 Å². The summed E-state index contributed by atoms with van der Waals surface area (Å²) in [6.07, 6.45) is -2.71. The lowest BCUT2D eigenvalue weighted by Gasteiger charge is -2.32. The molecule has 0 bridgehead atoms. The molecule has 0 saturated heterocycles. The van der Waals surface area contributed by atoms with Gasteiger partial charge in [0.25, 0.3) is 0 Å². The van der Waals surface area contributed by atoms with Crippen molar-refractivity contribution in [3.8, 4) is 0 Å². The van der Waals surface area contributed by atoms with Crippen LogP contribution in [-0.4, -0.2) is 31.1 Å². The molecule has 2 atom stereocenters. The number of carbonyl (C=O) groups is 1. The predicted molar refractivity (Wildman–Crippen MR) is 87.2 cm³/mol. The maximum absolute atomic E-state index is 13.1. The molecule has 1 amide bonds. The summed E-state index contributed by atoms with van der Waals surface area (Å²) in [4.78, 5) is 14.4. The number of halogens is 3. The Morgan fingerprint density at radius 2 is 1.79 bits per heavy atom. The second-order valence-corrected chi connectivity index (χ2v) is 6.76. The van der Waals surface area contributed by atoms with Crippen molar-refractivity contribution in [2.75, 3.05) is 14.1 Å². The number of amides is 1. The first kappa shape index (κ1) is 18.8. The van der Waals surface area contributed by atoms with Crippen LogP contribution in [0.3, 0.4) is 0 Å². The number of rotatable bonds is 5. The molecule has 0 spiro atoms. The summed E-state index contributed by atoms with van der Waals surface area (Å²) in [5.41, 5.74) is 2.01. The smallest absolute Gasteiger partial charge is 0.352 e. The van der Waals surface area contributed by atoms with E-state index in [0.29, 0.717) is 19.3 Å². The van der Waals surface area contributed by atoms with Crippen molar-refractivity contribution in [3.63, 3.8) is 0 Å². The van der Waals surface area contributed by atoms with Crippen LogP contribution in [0.25, 0.3) is 0 Å². The molecule has 24 heavy (non-hydrogen) atoms. The van der Waals surface area contributed by atoms with Gasteiger partial charge in [-0.15, -0.1) is 0 Å². The molecule has 1 saturated carbocycles. The van der Waals surface area contributed by atoms with E-state index in [1.807, 2.05) is 43.3 Å². The fraction of sp³-hybridized carbons (Fsp3) is 0.611. The zero-order valence-corrected chi connectivity index (χ0v) is 14.2. The fourth-order valence-electron chi connectivity index (χ4n) is 3.37. The lowest BCUT2D eigenvalue weighted by molar-refractivity contribution is -0.198. The molecule has 0 aromatic heterocycles. The molecule has 0 unspecified atom stereocenters. The van der Waals surface area contributed by atoms with Crippen LogP contribution in [0.2, 0.25) is 0 Å². The Morgan fingerprint density at radius 3 is 2.42 bits per heavy atom. The second kappa shape index (κ2) is 8.01. The van der Waals surface area contributed by atoms with E-state index in [-0.39, 0.29) is 13.0 Å². The number of hydrogen-bond acceptors (Lipinski definition) is 2. The van der Waals surface area contributed by atoms with Gasteiger partial charge in [0.15, 0.2) is 0 Å². The standard InChI is InChI=1S/C18H25F3N2O/c1-23(2)12-14-8-4-3-7-13(14)11-22-17(24)15-9-5-6-10-16(15)18(19,20)21/h3-4,7-8,15-16H,5-6,9-12H2,1-2H3,(H,22,24)/t15-,16+/m1/s1. The van der Waals surface area contributed by atoms with E-state index in [1.54, 1.807) is 0 Å². The third-order valence-corrected chi connectivity index (χ3v) is 4.58. The largest absolute Gasteiger partial charge is 0.392 e. The van der Waals surface area contributed by atoms with Crippen molar-refractivity contribution < 1.29 is 18.0 Å². The highest BCUT2D eigenvalue weighted by molar-refractivity contribution is 5.79. The van der Waals surface area contributed by atoms with Crippen LogP contribution >= 0.6 is 0 Å². The minimum Gasteiger partial charge on any atom is -0.352 e. The lowest BCUT2D eigenvalue weighted by Crippen LogP contribution is -2.42. The Balaban J connectivity index is 2.02. The van der Waals surface area contributed by atoms with Gasteiger partial charge >= 0.3 is 6.18 Å². The monoisotopic (exact) mass is 342 g/mol. The number of hydrogen-bond donors (Lipinski definition) is 1. The molecule has 134 valence electrons. The molecule has 1 fully saturated rings. The van der Waals surface area contributed by atoms with Crippen LogP contribution in [0.1, 0.15) is 36.8 Å². The highest BCUT2D eigenvalue weighted by Crippen LogP contribution is 2.41. The van der Waals surface area contributed by atoms with Crippen LogP contribution < -0.4 is 5.32 Å². The number of nitrogens with zero attached hydrogens (tertiary/aromatic N) is 1. The highest BCUT2D eigenvalue weighted by Gasteiger charge is 2.47. The van der Waals surface area contributed by atoms with E-state index in [0.717, 1.165) is 17.7 Å². The fourth-order valence-corrected chi connectivity index (χ4v) is 3.37. The zero-order valence-electron chi connectivity index (χ0n) is 14.2.